The Morgan fingerprint density at radius 3 is 2.58 bits per heavy atom. The number of hydrogen-bond acceptors (Lipinski definition) is 5. The molecule has 0 spiro atoms. The number of nitrogens with zero attached hydrogens (tertiary/aromatic N) is 2. The molecular weight excluding hydrogens is 240 g/mol. The van der Waals surface area contributed by atoms with Gasteiger partial charge in [0.15, 0.2) is 0 Å². The minimum absolute atomic E-state index is 0.172. The number of rotatable bonds is 6. The second kappa shape index (κ2) is 5.74. The summed E-state index contributed by atoms with van der Waals surface area (Å²) < 4.78 is 0. The normalized spacial score (nSPS) is 16.7. The van der Waals surface area contributed by atoms with E-state index >= 15 is 0 Å². The van der Waals surface area contributed by atoms with Crippen LogP contribution in [0.1, 0.15) is 50.4 Å². The lowest BCUT2D eigenvalue weighted by molar-refractivity contribution is 0.267. The van der Waals surface area contributed by atoms with Crippen LogP contribution in [0, 0.1) is 12.8 Å². The summed E-state index contributed by atoms with van der Waals surface area (Å²) in [5.41, 5.74) is 6.87. The number of aliphatic hydroxyl groups excluding tert-OH is 1. The molecule has 5 heteroatoms. The van der Waals surface area contributed by atoms with Crippen LogP contribution < -0.4 is 11.1 Å². The van der Waals surface area contributed by atoms with Crippen molar-refractivity contribution in [2.75, 3.05) is 17.7 Å². The maximum atomic E-state index is 9.14. The van der Waals surface area contributed by atoms with Crippen LogP contribution in [0.15, 0.2) is 0 Å². The van der Waals surface area contributed by atoms with Crippen LogP contribution in [-0.4, -0.2) is 27.7 Å². The van der Waals surface area contributed by atoms with Gasteiger partial charge in [-0.05, 0) is 32.1 Å². The van der Waals surface area contributed by atoms with Crippen molar-refractivity contribution >= 4 is 11.6 Å². The second-order valence-electron chi connectivity index (χ2n) is 5.72. The maximum absolute atomic E-state index is 9.14. The molecule has 0 saturated heterocycles. The van der Waals surface area contributed by atoms with Crippen molar-refractivity contribution in [3.05, 3.63) is 11.4 Å². The number of nitrogens with two attached hydrogens (primary N) is 1. The van der Waals surface area contributed by atoms with E-state index in [1.54, 1.807) is 0 Å². The Morgan fingerprint density at radius 1 is 1.37 bits per heavy atom. The molecule has 1 heterocycles. The quantitative estimate of drug-likeness (QED) is 0.732. The van der Waals surface area contributed by atoms with E-state index in [1.807, 2.05) is 6.92 Å². The molecule has 19 heavy (non-hydrogen) atoms. The first kappa shape index (κ1) is 14.1. The van der Waals surface area contributed by atoms with E-state index in [-0.39, 0.29) is 12.6 Å². The Labute approximate surface area is 114 Å². The molecule has 1 saturated carbocycles. The van der Waals surface area contributed by atoms with Gasteiger partial charge >= 0.3 is 0 Å². The van der Waals surface area contributed by atoms with Gasteiger partial charge in [-0.3, -0.25) is 0 Å². The fourth-order valence-electron chi connectivity index (χ4n) is 2.10. The van der Waals surface area contributed by atoms with Crippen molar-refractivity contribution in [1.82, 2.24) is 9.97 Å². The Hall–Kier alpha value is -1.36. The topological polar surface area (TPSA) is 84.1 Å². The van der Waals surface area contributed by atoms with Crippen molar-refractivity contribution in [2.24, 2.45) is 5.92 Å². The van der Waals surface area contributed by atoms with Crippen LogP contribution in [0.25, 0.3) is 0 Å². The molecule has 106 valence electrons. The highest BCUT2D eigenvalue weighted by Crippen LogP contribution is 2.39. The Morgan fingerprint density at radius 2 is 2.05 bits per heavy atom. The van der Waals surface area contributed by atoms with Crippen molar-refractivity contribution in [3.8, 4) is 0 Å². The van der Waals surface area contributed by atoms with Gasteiger partial charge in [0, 0.05) is 24.1 Å². The van der Waals surface area contributed by atoms with Gasteiger partial charge < -0.3 is 16.2 Å². The molecule has 1 unspecified atom stereocenters. The third-order valence-electron chi connectivity index (χ3n) is 3.71. The van der Waals surface area contributed by atoms with E-state index < -0.39 is 0 Å². The fraction of sp³-hybridized carbons (Fsp3) is 0.714. The van der Waals surface area contributed by atoms with Crippen molar-refractivity contribution < 1.29 is 5.11 Å². The summed E-state index contributed by atoms with van der Waals surface area (Å²) in [6.45, 7) is 6.37. The highest BCUT2D eigenvalue weighted by molar-refractivity contribution is 5.55. The SMILES string of the molecule is Cc1c(N)nc(C2CC2)nc1NC(CCO)C(C)C. The number of nitrogen functional groups attached to an aromatic ring is 1. The monoisotopic (exact) mass is 264 g/mol. The first-order valence-electron chi connectivity index (χ1n) is 7.04. The molecule has 2 rings (SSSR count). The van der Waals surface area contributed by atoms with Gasteiger partial charge in [0.2, 0.25) is 0 Å². The first-order valence-corrected chi connectivity index (χ1v) is 7.04. The van der Waals surface area contributed by atoms with E-state index in [4.69, 9.17) is 10.8 Å². The Kier molecular flexibility index (Phi) is 4.24. The minimum atomic E-state index is 0.172. The van der Waals surface area contributed by atoms with Gasteiger partial charge in [-0.1, -0.05) is 13.8 Å². The molecular formula is C14H24N4O. The summed E-state index contributed by atoms with van der Waals surface area (Å²) in [5, 5.41) is 12.6. The molecule has 0 aliphatic heterocycles. The van der Waals surface area contributed by atoms with Crippen LogP contribution in [0.3, 0.4) is 0 Å². The molecule has 0 radical (unpaired) electrons. The summed E-state index contributed by atoms with van der Waals surface area (Å²) in [7, 11) is 0. The van der Waals surface area contributed by atoms with Gasteiger partial charge in [0.1, 0.15) is 17.5 Å². The molecule has 0 bridgehead atoms. The first-order chi connectivity index (χ1) is 9.02. The van der Waals surface area contributed by atoms with Gasteiger partial charge in [0.05, 0.1) is 0 Å². The average Bonchev–Trinajstić information content (AvgIpc) is 3.17. The lowest BCUT2D eigenvalue weighted by Crippen LogP contribution is -2.28. The van der Waals surface area contributed by atoms with Crippen molar-refractivity contribution in [1.29, 1.82) is 0 Å². The Bertz CT molecular complexity index is 443. The number of aromatic nitrogens is 2. The van der Waals surface area contributed by atoms with Gasteiger partial charge in [-0.25, -0.2) is 9.97 Å². The van der Waals surface area contributed by atoms with Crippen LogP contribution in [-0.2, 0) is 0 Å². The molecule has 0 amide bonds. The third kappa shape index (κ3) is 3.35. The highest BCUT2D eigenvalue weighted by Gasteiger charge is 2.28. The maximum Gasteiger partial charge on any atom is 0.136 e. The van der Waals surface area contributed by atoms with Crippen LogP contribution in [0.2, 0.25) is 0 Å². The van der Waals surface area contributed by atoms with Crippen molar-refractivity contribution in [3.63, 3.8) is 0 Å². The standard InChI is InChI=1S/C14H24N4O/c1-8(2)11(6-7-19)16-13-9(3)12(15)17-14(18-13)10-4-5-10/h8,10-11,19H,4-7H2,1-3H3,(H3,15,16,17,18). The van der Waals surface area contributed by atoms with E-state index in [9.17, 15) is 0 Å². The molecule has 1 aliphatic carbocycles. The summed E-state index contributed by atoms with van der Waals surface area (Å²) >= 11 is 0. The zero-order valence-corrected chi connectivity index (χ0v) is 12.0. The lowest BCUT2D eigenvalue weighted by atomic mass is 10.0. The van der Waals surface area contributed by atoms with Gasteiger partial charge in [0.25, 0.3) is 0 Å². The third-order valence-corrected chi connectivity index (χ3v) is 3.71. The molecule has 1 aliphatic rings. The number of anilines is 2. The average molecular weight is 264 g/mol. The summed E-state index contributed by atoms with van der Waals surface area (Å²) in [5.74, 6) is 3.15. The number of nitrogens with one attached hydrogen (secondary N) is 1. The molecule has 5 nitrogen and oxygen atoms in total. The van der Waals surface area contributed by atoms with Crippen LogP contribution in [0.4, 0.5) is 11.6 Å². The smallest absolute Gasteiger partial charge is 0.136 e. The molecule has 1 aromatic heterocycles. The predicted molar refractivity (Wildman–Crippen MR) is 77.1 cm³/mol. The molecule has 4 N–H and O–H groups in total. The fourth-order valence-corrected chi connectivity index (χ4v) is 2.10. The van der Waals surface area contributed by atoms with Gasteiger partial charge in [-0.15, -0.1) is 0 Å². The summed E-state index contributed by atoms with van der Waals surface area (Å²) in [4.78, 5) is 8.99. The summed E-state index contributed by atoms with van der Waals surface area (Å²) in [6.07, 6.45) is 3.03. The minimum Gasteiger partial charge on any atom is -0.396 e. The van der Waals surface area contributed by atoms with E-state index in [2.05, 4.69) is 29.1 Å². The predicted octanol–water partition coefficient (Wildman–Crippen LogP) is 2.06. The van der Waals surface area contributed by atoms with E-state index in [1.165, 1.54) is 0 Å². The number of aliphatic hydroxyl groups is 1. The zero-order valence-electron chi connectivity index (χ0n) is 12.0. The lowest BCUT2D eigenvalue weighted by Gasteiger charge is -2.23. The Balaban J connectivity index is 2.22. The van der Waals surface area contributed by atoms with Crippen LogP contribution in [0.5, 0.6) is 0 Å². The highest BCUT2D eigenvalue weighted by atomic mass is 16.3. The second-order valence-corrected chi connectivity index (χ2v) is 5.72. The van der Waals surface area contributed by atoms with Gasteiger partial charge in [-0.2, -0.15) is 0 Å². The molecule has 1 atom stereocenters. The number of hydrogen-bond donors (Lipinski definition) is 3. The molecule has 0 aromatic carbocycles. The van der Waals surface area contributed by atoms with E-state index in [0.29, 0.717) is 24.1 Å². The summed E-state index contributed by atoms with van der Waals surface area (Å²) in [6, 6.07) is 0.199. The largest absolute Gasteiger partial charge is 0.396 e. The van der Waals surface area contributed by atoms with Crippen molar-refractivity contribution in [2.45, 2.75) is 52.0 Å². The molecule has 1 fully saturated rings. The zero-order chi connectivity index (χ0) is 14.0. The van der Waals surface area contributed by atoms with E-state index in [0.717, 1.165) is 30.0 Å². The molecule has 1 aromatic rings. The van der Waals surface area contributed by atoms with Crippen LogP contribution >= 0.6 is 0 Å².